The number of aromatic nitrogens is 3. The van der Waals surface area contributed by atoms with Gasteiger partial charge in [-0.25, -0.2) is 10.1 Å². The molecule has 0 saturated heterocycles. The van der Waals surface area contributed by atoms with Crippen molar-refractivity contribution in [1.82, 2.24) is 15.2 Å². The molecule has 0 saturated carbocycles. The lowest BCUT2D eigenvalue weighted by molar-refractivity contribution is 0.102. The topological polar surface area (TPSA) is 87.7 Å². The first-order valence-electron chi connectivity index (χ1n) is 6.56. The minimum absolute atomic E-state index is 0.138. The Morgan fingerprint density at radius 1 is 1.18 bits per heavy atom. The maximum absolute atomic E-state index is 12.0. The zero-order valence-corrected chi connectivity index (χ0v) is 12.3. The monoisotopic (exact) mass is 312 g/mol. The zero-order chi connectivity index (χ0) is 15.4. The second kappa shape index (κ2) is 6.31. The average molecular weight is 312 g/mol. The Hall–Kier alpha value is -2.80. The van der Waals surface area contributed by atoms with Crippen LogP contribution in [0.15, 0.2) is 53.5 Å². The molecule has 0 aliphatic rings. The lowest BCUT2D eigenvalue weighted by Gasteiger charge is -1.99. The van der Waals surface area contributed by atoms with Gasteiger partial charge < -0.3 is 0 Å². The highest BCUT2D eigenvalue weighted by Gasteiger charge is 2.10. The van der Waals surface area contributed by atoms with Crippen LogP contribution in [-0.4, -0.2) is 21.1 Å². The summed E-state index contributed by atoms with van der Waals surface area (Å²) in [6.07, 6.45) is 2.51. The van der Waals surface area contributed by atoms with E-state index in [0.29, 0.717) is 5.13 Å². The van der Waals surface area contributed by atoms with Crippen LogP contribution in [0.3, 0.4) is 0 Å². The third kappa shape index (κ3) is 3.44. The van der Waals surface area contributed by atoms with Gasteiger partial charge in [-0.2, -0.15) is 5.10 Å². The number of rotatable bonds is 4. The van der Waals surface area contributed by atoms with Crippen molar-refractivity contribution in [2.75, 3.05) is 5.32 Å². The summed E-state index contributed by atoms with van der Waals surface area (Å²) in [7, 11) is 0. The number of nitrogens with one attached hydrogen (secondary N) is 2. The summed E-state index contributed by atoms with van der Waals surface area (Å²) in [5, 5.41) is 9.07. The van der Waals surface area contributed by atoms with Crippen LogP contribution in [0.25, 0.3) is 0 Å². The van der Waals surface area contributed by atoms with Crippen molar-refractivity contribution in [3.8, 4) is 0 Å². The number of amides is 1. The van der Waals surface area contributed by atoms with Gasteiger partial charge in [-0.1, -0.05) is 30.3 Å². The fourth-order valence-electron chi connectivity index (χ4n) is 1.88. The van der Waals surface area contributed by atoms with Crippen molar-refractivity contribution in [3.63, 3.8) is 0 Å². The Morgan fingerprint density at radius 3 is 2.73 bits per heavy atom. The maximum atomic E-state index is 12.0. The van der Waals surface area contributed by atoms with Crippen molar-refractivity contribution in [3.05, 3.63) is 75.1 Å². The van der Waals surface area contributed by atoms with Gasteiger partial charge in [0.1, 0.15) is 5.69 Å². The van der Waals surface area contributed by atoms with Crippen molar-refractivity contribution in [1.29, 1.82) is 0 Å². The van der Waals surface area contributed by atoms with E-state index >= 15 is 0 Å². The molecule has 0 atom stereocenters. The number of hydrogen-bond acceptors (Lipinski definition) is 5. The normalized spacial score (nSPS) is 10.4. The van der Waals surface area contributed by atoms with Gasteiger partial charge in [-0.15, -0.1) is 11.3 Å². The number of hydrogen-bond donors (Lipinski definition) is 2. The fraction of sp³-hybridized carbons (Fsp3) is 0.0667. The highest BCUT2D eigenvalue weighted by Crippen LogP contribution is 2.21. The Morgan fingerprint density at radius 2 is 2.00 bits per heavy atom. The summed E-state index contributed by atoms with van der Waals surface area (Å²) in [4.78, 5) is 28.1. The second-order valence-electron chi connectivity index (χ2n) is 4.55. The van der Waals surface area contributed by atoms with E-state index in [2.05, 4.69) is 20.5 Å². The van der Waals surface area contributed by atoms with Crippen LogP contribution in [0.4, 0.5) is 5.13 Å². The van der Waals surface area contributed by atoms with E-state index in [4.69, 9.17) is 0 Å². The summed E-state index contributed by atoms with van der Waals surface area (Å²) < 4.78 is 0. The molecule has 2 N–H and O–H groups in total. The van der Waals surface area contributed by atoms with Gasteiger partial charge in [0, 0.05) is 23.6 Å². The van der Waals surface area contributed by atoms with Gasteiger partial charge in [-0.05, 0) is 11.6 Å². The van der Waals surface area contributed by atoms with Gasteiger partial charge in [0.05, 0.1) is 0 Å². The van der Waals surface area contributed by atoms with Gasteiger partial charge in [-0.3, -0.25) is 14.9 Å². The summed E-state index contributed by atoms with van der Waals surface area (Å²) in [5.41, 5.74) is 0.974. The van der Waals surface area contributed by atoms with Crippen molar-refractivity contribution < 1.29 is 4.79 Å². The Balaban J connectivity index is 1.67. The predicted molar refractivity (Wildman–Crippen MR) is 84.2 cm³/mol. The molecule has 1 amide bonds. The Kier molecular flexibility index (Phi) is 4.06. The first kappa shape index (κ1) is 14.2. The average Bonchev–Trinajstić information content (AvgIpc) is 2.96. The fourth-order valence-corrected chi connectivity index (χ4v) is 2.72. The van der Waals surface area contributed by atoms with Gasteiger partial charge in [0.2, 0.25) is 0 Å². The smallest absolute Gasteiger partial charge is 0.277 e. The minimum atomic E-state index is -0.406. The molecule has 2 heterocycles. The predicted octanol–water partition coefficient (Wildman–Crippen LogP) is 2.07. The Bertz CT molecular complexity index is 822. The highest BCUT2D eigenvalue weighted by atomic mass is 32.1. The largest absolute Gasteiger partial charge is 0.296 e. The van der Waals surface area contributed by atoms with Crippen LogP contribution < -0.4 is 10.9 Å². The maximum Gasteiger partial charge on any atom is 0.277 e. The number of anilines is 1. The molecule has 6 nitrogen and oxygen atoms in total. The van der Waals surface area contributed by atoms with E-state index in [1.54, 1.807) is 6.20 Å². The number of nitrogens with zero attached hydrogens (tertiary/aromatic N) is 2. The standard InChI is InChI=1S/C15H12N4O2S/c20-13-7-6-12(18-19-13)14(21)17-15-16-9-11(22-15)8-10-4-2-1-3-5-10/h1-7,9H,8H2,(H,19,20)(H,16,17,21). The molecule has 1 aromatic carbocycles. The third-order valence-corrected chi connectivity index (χ3v) is 3.82. The molecule has 2 aromatic heterocycles. The van der Waals surface area contributed by atoms with Crippen molar-refractivity contribution in [2.45, 2.75) is 6.42 Å². The van der Waals surface area contributed by atoms with E-state index in [0.717, 1.165) is 11.3 Å². The molecule has 0 radical (unpaired) electrons. The van der Waals surface area contributed by atoms with E-state index in [9.17, 15) is 9.59 Å². The number of thiazole rings is 1. The molecule has 0 spiro atoms. The molecule has 3 rings (SSSR count). The first-order chi connectivity index (χ1) is 10.7. The SMILES string of the molecule is O=C(Nc1ncc(Cc2ccccc2)s1)c1ccc(=O)[nH]n1. The van der Waals surface area contributed by atoms with E-state index < -0.39 is 5.91 Å². The second-order valence-corrected chi connectivity index (χ2v) is 5.67. The molecule has 110 valence electrons. The summed E-state index contributed by atoms with van der Waals surface area (Å²) in [5.74, 6) is -0.406. The van der Waals surface area contributed by atoms with E-state index in [-0.39, 0.29) is 11.3 Å². The van der Waals surface area contributed by atoms with E-state index in [1.165, 1.54) is 29.0 Å². The quantitative estimate of drug-likeness (QED) is 0.772. The van der Waals surface area contributed by atoms with Gasteiger partial charge in [0.25, 0.3) is 11.5 Å². The summed E-state index contributed by atoms with van der Waals surface area (Å²) >= 11 is 1.41. The van der Waals surface area contributed by atoms with Crippen molar-refractivity contribution >= 4 is 22.4 Å². The highest BCUT2D eigenvalue weighted by molar-refractivity contribution is 7.15. The minimum Gasteiger partial charge on any atom is -0.296 e. The lowest BCUT2D eigenvalue weighted by Crippen LogP contribution is -2.17. The molecule has 0 fully saturated rings. The van der Waals surface area contributed by atoms with Gasteiger partial charge in [0.15, 0.2) is 5.13 Å². The van der Waals surface area contributed by atoms with Crippen molar-refractivity contribution in [2.24, 2.45) is 0 Å². The van der Waals surface area contributed by atoms with Crippen LogP contribution in [0.2, 0.25) is 0 Å². The third-order valence-electron chi connectivity index (χ3n) is 2.91. The van der Waals surface area contributed by atoms with Crippen LogP contribution in [0.1, 0.15) is 20.9 Å². The van der Waals surface area contributed by atoms with Crippen LogP contribution in [-0.2, 0) is 6.42 Å². The Labute approximate surface area is 129 Å². The first-order valence-corrected chi connectivity index (χ1v) is 7.38. The number of benzene rings is 1. The number of aromatic amines is 1. The molecule has 7 heteroatoms. The molecule has 0 unspecified atom stereocenters. The lowest BCUT2D eigenvalue weighted by atomic mass is 10.1. The summed E-state index contributed by atoms with van der Waals surface area (Å²) in [6.45, 7) is 0. The number of carbonyl (C=O) groups is 1. The van der Waals surface area contributed by atoms with E-state index in [1.807, 2.05) is 30.3 Å². The molecule has 3 aromatic rings. The summed E-state index contributed by atoms with van der Waals surface area (Å²) in [6, 6.07) is 12.7. The van der Waals surface area contributed by atoms with Crippen LogP contribution in [0, 0.1) is 0 Å². The zero-order valence-electron chi connectivity index (χ0n) is 11.4. The molecular formula is C15H12N4O2S. The molecule has 0 aliphatic heterocycles. The number of H-pyrrole nitrogens is 1. The molecule has 22 heavy (non-hydrogen) atoms. The van der Waals surface area contributed by atoms with Crippen LogP contribution >= 0.6 is 11.3 Å². The number of carbonyl (C=O) groups excluding carboxylic acids is 1. The molecule has 0 bridgehead atoms. The molecular weight excluding hydrogens is 300 g/mol. The molecule has 0 aliphatic carbocycles. The van der Waals surface area contributed by atoms with Crippen LogP contribution in [0.5, 0.6) is 0 Å². The van der Waals surface area contributed by atoms with Gasteiger partial charge >= 0.3 is 0 Å².